The first-order valence-electron chi connectivity index (χ1n) is 10.6. The Morgan fingerprint density at radius 3 is 2.42 bits per heavy atom. The van der Waals surface area contributed by atoms with Crippen molar-refractivity contribution in [3.05, 3.63) is 40.6 Å². The number of hydrogen-bond donors (Lipinski definition) is 3. The molecule has 3 rings (SSSR count). The van der Waals surface area contributed by atoms with Gasteiger partial charge in [0.15, 0.2) is 0 Å². The molecule has 2 aliphatic heterocycles. The van der Waals surface area contributed by atoms with Crippen LogP contribution in [0.15, 0.2) is 45.5 Å². The molecule has 0 fully saturated rings. The van der Waals surface area contributed by atoms with E-state index in [1.807, 2.05) is 34.6 Å². The molecule has 182 valence electrons. The lowest BCUT2D eigenvalue weighted by Gasteiger charge is -2.35. The van der Waals surface area contributed by atoms with Gasteiger partial charge in [0.1, 0.15) is 11.3 Å². The lowest BCUT2D eigenvalue weighted by molar-refractivity contribution is -0.128. The van der Waals surface area contributed by atoms with Crippen molar-refractivity contribution in [1.29, 1.82) is 0 Å². The highest BCUT2D eigenvalue weighted by Gasteiger charge is 2.47. The monoisotopic (exact) mass is 497 g/mol. The normalized spacial score (nSPS) is 20.6. The second-order valence-corrected chi connectivity index (χ2v) is 13.5. The van der Waals surface area contributed by atoms with Crippen molar-refractivity contribution < 1.29 is 26.7 Å². The molecule has 2 heterocycles. The van der Waals surface area contributed by atoms with Crippen molar-refractivity contribution in [2.75, 3.05) is 22.8 Å². The third-order valence-electron chi connectivity index (χ3n) is 5.47. The van der Waals surface area contributed by atoms with Crippen molar-refractivity contribution in [2.45, 2.75) is 52.0 Å². The molecule has 0 bridgehead atoms. The standard InChI is InChI=1S/C22H31N3O6S2/c1-13(2)9-10-25-20(22(3,4)5)19(26)18(21(25)27)16-12-33(30,31)17-11-14(24-32(6,28)29)7-8-15(17)23-16/h7-8,11-13,20,23-24,26H,9-10H2,1-6H3. The molecule has 3 N–H and O–H groups in total. The minimum absolute atomic E-state index is 0.00452. The first-order valence-corrected chi connectivity index (χ1v) is 14.0. The molecule has 11 heteroatoms. The molecule has 1 atom stereocenters. The minimum Gasteiger partial charge on any atom is -0.509 e. The highest BCUT2D eigenvalue weighted by Crippen LogP contribution is 2.41. The van der Waals surface area contributed by atoms with E-state index >= 15 is 0 Å². The Balaban J connectivity index is 2.05. The molecule has 1 aromatic carbocycles. The number of hydrogen-bond acceptors (Lipinski definition) is 7. The number of fused-ring (bicyclic) bond motifs is 1. The zero-order chi connectivity index (χ0) is 24.9. The maximum absolute atomic E-state index is 13.4. The molecule has 1 aromatic rings. The molecule has 33 heavy (non-hydrogen) atoms. The first-order chi connectivity index (χ1) is 15.0. The summed E-state index contributed by atoms with van der Waals surface area (Å²) in [6, 6.07) is 3.46. The summed E-state index contributed by atoms with van der Waals surface area (Å²) in [6.45, 7) is 10.3. The maximum atomic E-state index is 13.4. The first kappa shape index (κ1) is 25.1. The number of sulfonamides is 1. The van der Waals surface area contributed by atoms with Crippen LogP contribution in [0.3, 0.4) is 0 Å². The number of anilines is 2. The minimum atomic E-state index is -4.03. The third-order valence-corrected chi connectivity index (χ3v) is 7.58. The van der Waals surface area contributed by atoms with Gasteiger partial charge in [-0.05, 0) is 36.0 Å². The number of amides is 1. The van der Waals surface area contributed by atoms with Gasteiger partial charge in [-0.2, -0.15) is 0 Å². The van der Waals surface area contributed by atoms with Crippen molar-refractivity contribution in [3.63, 3.8) is 0 Å². The SMILES string of the molecule is CC(C)CCN1C(=O)C(C2=CS(=O)(=O)c3cc(NS(C)(=O)=O)ccc3N2)=C(O)C1C(C)(C)C. The lowest BCUT2D eigenvalue weighted by atomic mass is 9.85. The number of carbonyl (C=O) groups is 1. The van der Waals surface area contributed by atoms with E-state index in [0.29, 0.717) is 12.5 Å². The molecule has 0 radical (unpaired) electrons. The van der Waals surface area contributed by atoms with Crippen LogP contribution in [0, 0.1) is 11.3 Å². The maximum Gasteiger partial charge on any atom is 0.260 e. The zero-order valence-electron chi connectivity index (χ0n) is 19.6. The summed E-state index contributed by atoms with van der Waals surface area (Å²) in [6.07, 6.45) is 1.71. The Hall–Kier alpha value is -2.53. The van der Waals surface area contributed by atoms with Crippen molar-refractivity contribution >= 4 is 37.1 Å². The molecule has 0 aromatic heterocycles. The van der Waals surface area contributed by atoms with Crippen LogP contribution in [0.1, 0.15) is 41.0 Å². The molecule has 2 aliphatic rings. The van der Waals surface area contributed by atoms with E-state index in [0.717, 1.165) is 18.1 Å². The van der Waals surface area contributed by atoms with E-state index in [1.165, 1.54) is 18.2 Å². The van der Waals surface area contributed by atoms with Gasteiger partial charge >= 0.3 is 0 Å². The van der Waals surface area contributed by atoms with Gasteiger partial charge in [0, 0.05) is 12.2 Å². The quantitative estimate of drug-likeness (QED) is 0.550. The molecule has 0 saturated heterocycles. The van der Waals surface area contributed by atoms with Gasteiger partial charge in [-0.1, -0.05) is 34.6 Å². The fourth-order valence-corrected chi connectivity index (χ4v) is 5.95. The van der Waals surface area contributed by atoms with Crippen LogP contribution >= 0.6 is 0 Å². The Bertz CT molecular complexity index is 1260. The summed E-state index contributed by atoms with van der Waals surface area (Å²) in [5.41, 5.74) is -0.254. The molecule has 1 unspecified atom stereocenters. The predicted molar refractivity (Wildman–Crippen MR) is 128 cm³/mol. The molecule has 1 amide bonds. The Kier molecular flexibility index (Phi) is 6.35. The number of nitrogens with zero attached hydrogens (tertiary/aromatic N) is 1. The molecular weight excluding hydrogens is 466 g/mol. The van der Waals surface area contributed by atoms with Gasteiger partial charge in [0.05, 0.1) is 34.0 Å². The van der Waals surface area contributed by atoms with Crippen LogP contribution in [0.2, 0.25) is 0 Å². The van der Waals surface area contributed by atoms with Crippen molar-refractivity contribution in [2.24, 2.45) is 11.3 Å². The molecule has 0 saturated carbocycles. The van der Waals surface area contributed by atoms with Crippen LogP contribution in [0.4, 0.5) is 11.4 Å². The predicted octanol–water partition coefficient (Wildman–Crippen LogP) is 3.21. The van der Waals surface area contributed by atoms with Gasteiger partial charge in [0.2, 0.25) is 19.9 Å². The average molecular weight is 498 g/mol. The summed E-state index contributed by atoms with van der Waals surface area (Å²) in [5, 5.41) is 15.0. The van der Waals surface area contributed by atoms with Crippen LogP contribution in [-0.2, 0) is 24.7 Å². The molecule has 9 nitrogen and oxygen atoms in total. The van der Waals surface area contributed by atoms with Crippen molar-refractivity contribution in [1.82, 2.24) is 4.90 Å². The smallest absolute Gasteiger partial charge is 0.260 e. The summed E-state index contributed by atoms with van der Waals surface area (Å²) >= 11 is 0. The lowest BCUT2D eigenvalue weighted by Crippen LogP contribution is -2.44. The zero-order valence-corrected chi connectivity index (χ0v) is 21.3. The molecular formula is C22H31N3O6S2. The van der Waals surface area contributed by atoms with E-state index in [2.05, 4.69) is 10.0 Å². The van der Waals surface area contributed by atoms with Crippen molar-refractivity contribution in [3.8, 4) is 0 Å². The van der Waals surface area contributed by atoms with Gasteiger partial charge in [-0.3, -0.25) is 9.52 Å². The van der Waals surface area contributed by atoms with Gasteiger partial charge < -0.3 is 15.3 Å². The largest absolute Gasteiger partial charge is 0.509 e. The van der Waals surface area contributed by atoms with Gasteiger partial charge in [-0.25, -0.2) is 16.8 Å². The summed E-state index contributed by atoms with van der Waals surface area (Å²) < 4.78 is 51.3. The average Bonchev–Trinajstić information content (AvgIpc) is 2.88. The van der Waals surface area contributed by atoms with E-state index in [1.54, 1.807) is 4.90 Å². The fourth-order valence-electron chi connectivity index (χ4n) is 4.07. The number of aliphatic hydroxyl groups is 1. The Morgan fingerprint density at radius 2 is 1.88 bits per heavy atom. The van der Waals surface area contributed by atoms with Crippen LogP contribution in [0.5, 0.6) is 0 Å². The van der Waals surface area contributed by atoms with Crippen LogP contribution < -0.4 is 10.0 Å². The van der Waals surface area contributed by atoms with E-state index < -0.39 is 37.2 Å². The van der Waals surface area contributed by atoms with Gasteiger partial charge in [0.25, 0.3) is 5.91 Å². The van der Waals surface area contributed by atoms with Gasteiger partial charge in [-0.15, -0.1) is 0 Å². The highest BCUT2D eigenvalue weighted by atomic mass is 32.2. The summed E-state index contributed by atoms with van der Waals surface area (Å²) in [4.78, 5) is 14.8. The number of benzene rings is 1. The van der Waals surface area contributed by atoms with Crippen LogP contribution in [-0.4, -0.2) is 51.6 Å². The fraction of sp³-hybridized carbons (Fsp3) is 0.500. The second kappa shape index (κ2) is 8.35. The topological polar surface area (TPSA) is 133 Å². The Labute approximate surface area is 195 Å². The van der Waals surface area contributed by atoms with E-state index in [-0.39, 0.29) is 33.3 Å². The number of carbonyl (C=O) groups excluding carboxylic acids is 1. The highest BCUT2D eigenvalue weighted by molar-refractivity contribution is 7.94. The third kappa shape index (κ3) is 5.19. The second-order valence-electron chi connectivity index (χ2n) is 10.00. The Morgan fingerprint density at radius 1 is 1.24 bits per heavy atom. The molecule has 0 aliphatic carbocycles. The number of rotatable bonds is 6. The molecule has 0 spiro atoms. The van der Waals surface area contributed by atoms with E-state index in [4.69, 9.17) is 0 Å². The van der Waals surface area contributed by atoms with E-state index in [9.17, 15) is 26.7 Å². The number of aliphatic hydroxyl groups excluding tert-OH is 1. The number of sulfone groups is 1. The summed E-state index contributed by atoms with van der Waals surface area (Å²) in [7, 11) is -7.61. The van der Waals surface area contributed by atoms with Crippen LogP contribution in [0.25, 0.3) is 0 Å². The summed E-state index contributed by atoms with van der Waals surface area (Å²) in [5.74, 6) is -0.247. The number of nitrogens with one attached hydrogen (secondary N) is 2.